The zero-order valence-electron chi connectivity index (χ0n) is 14.4. The van der Waals surface area contributed by atoms with Gasteiger partial charge in [0.1, 0.15) is 0 Å². The molecule has 2 aromatic heterocycles. The van der Waals surface area contributed by atoms with Crippen molar-refractivity contribution >= 4 is 0 Å². The van der Waals surface area contributed by atoms with Gasteiger partial charge in [0.2, 0.25) is 0 Å². The summed E-state index contributed by atoms with van der Waals surface area (Å²) in [7, 11) is 0. The fourth-order valence-electron chi connectivity index (χ4n) is 2.38. The van der Waals surface area contributed by atoms with E-state index in [9.17, 15) is 5.11 Å². The average molecular weight is 326 g/mol. The van der Waals surface area contributed by atoms with Gasteiger partial charge in [-0.25, -0.2) is 0 Å². The summed E-state index contributed by atoms with van der Waals surface area (Å²) in [6.07, 6.45) is 20.3. The summed E-state index contributed by atoms with van der Waals surface area (Å²) in [6.45, 7) is 3.90. The molecule has 0 unspecified atom stereocenters. The van der Waals surface area contributed by atoms with Gasteiger partial charge in [0.25, 0.3) is 0 Å². The van der Waals surface area contributed by atoms with Crippen LogP contribution < -0.4 is 0 Å². The van der Waals surface area contributed by atoms with Crippen LogP contribution in [0.3, 0.4) is 0 Å². The van der Waals surface area contributed by atoms with Gasteiger partial charge in [-0.05, 0) is 62.8 Å². The van der Waals surface area contributed by atoms with Crippen LogP contribution in [0.2, 0.25) is 0 Å². The van der Waals surface area contributed by atoms with Crippen LogP contribution in [0.15, 0.2) is 82.0 Å². The van der Waals surface area contributed by atoms with Crippen molar-refractivity contribution in [2.24, 2.45) is 0 Å². The summed E-state index contributed by atoms with van der Waals surface area (Å²) in [6, 6.07) is 3.92. The zero-order valence-corrected chi connectivity index (χ0v) is 14.4. The molecule has 0 saturated heterocycles. The van der Waals surface area contributed by atoms with E-state index >= 15 is 0 Å². The summed E-state index contributed by atoms with van der Waals surface area (Å²) >= 11 is 0. The second-order valence-electron chi connectivity index (χ2n) is 6.32. The number of hydrogen-bond acceptors (Lipinski definition) is 3. The highest BCUT2D eigenvalue weighted by Gasteiger charge is 2.13. The van der Waals surface area contributed by atoms with E-state index in [1.165, 1.54) is 11.1 Å². The topological polar surface area (TPSA) is 46.5 Å². The predicted molar refractivity (Wildman–Crippen MR) is 96.7 cm³/mol. The lowest BCUT2D eigenvalue weighted by Gasteiger charge is -2.16. The van der Waals surface area contributed by atoms with Crippen molar-refractivity contribution in [3.63, 3.8) is 0 Å². The summed E-state index contributed by atoms with van der Waals surface area (Å²) in [5.74, 6) is 0. The Morgan fingerprint density at radius 2 is 1.83 bits per heavy atom. The molecule has 1 N–H and O–H groups in total. The Kier molecular flexibility index (Phi) is 6.89. The van der Waals surface area contributed by atoms with Crippen molar-refractivity contribution in [1.29, 1.82) is 0 Å². The Morgan fingerprint density at radius 3 is 2.50 bits per heavy atom. The van der Waals surface area contributed by atoms with E-state index in [1.54, 1.807) is 25.1 Å². The zero-order chi connectivity index (χ0) is 17.3. The monoisotopic (exact) mass is 326 g/mol. The maximum atomic E-state index is 10.4. The molecule has 24 heavy (non-hydrogen) atoms. The molecule has 2 aromatic rings. The van der Waals surface area contributed by atoms with Crippen LogP contribution in [0.4, 0.5) is 0 Å². The minimum atomic E-state index is -0.836. The fraction of sp³-hybridized carbons (Fsp3) is 0.333. The largest absolute Gasteiger partial charge is 0.472 e. The number of allylic oxidation sites excluding steroid dienone is 4. The van der Waals surface area contributed by atoms with E-state index in [4.69, 9.17) is 8.83 Å². The molecule has 1 atom stereocenters. The summed E-state index contributed by atoms with van der Waals surface area (Å²) < 4.78 is 10.1. The van der Waals surface area contributed by atoms with Gasteiger partial charge >= 0.3 is 0 Å². The minimum Gasteiger partial charge on any atom is -0.472 e. The second kappa shape index (κ2) is 9.14. The first-order chi connectivity index (χ1) is 11.6. The second-order valence-corrected chi connectivity index (χ2v) is 6.32. The van der Waals surface area contributed by atoms with E-state index in [0.29, 0.717) is 6.42 Å². The maximum absolute atomic E-state index is 10.4. The lowest BCUT2D eigenvalue weighted by molar-refractivity contribution is 0.115. The molecule has 0 fully saturated rings. The van der Waals surface area contributed by atoms with Crippen LogP contribution in [-0.4, -0.2) is 10.7 Å². The first kappa shape index (κ1) is 18.1. The number of aryl methyl sites for hydroxylation is 1. The Labute approximate surface area is 144 Å². The molecule has 0 aliphatic rings. The number of hydrogen-bond donors (Lipinski definition) is 1. The molecule has 0 amide bonds. The third kappa shape index (κ3) is 6.88. The van der Waals surface area contributed by atoms with Crippen LogP contribution in [0.1, 0.15) is 37.8 Å². The van der Waals surface area contributed by atoms with E-state index < -0.39 is 5.60 Å². The van der Waals surface area contributed by atoms with Crippen molar-refractivity contribution in [3.8, 4) is 0 Å². The quantitative estimate of drug-likeness (QED) is 0.506. The Morgan fingerprint density at radius 1 is 1.12 bits per heavy atom. The van der Waals surface area contributed by atoms with Gasteiger partial charge in [-0.1, -0.05) is 36.0 Å². The molecule has 2 rings (SSSR count). The highest BCUT2D eigenvalue weighted by molar-refractivity contribution is 5.19. The highest BCUT2D eigenvalue weighted by Crippen LogP contribution is 2.14. The molecular weight excluding hydrogens is 300 g/mol. The summed E-state index contributed by atoms with van der Waals surface area (Å²) in [5, 5.41) is 10.4. The third-order valence-electron chi connectivity index (χ3n) is 3.80. The van der Waals surface area contributed by atoms with Gasteiger partial charge in [0.05, 0.1) is 30.7 Å². The summed E-state index contributed by atoms with van der Waals surface area (Å²) in [5.41, 5.74) is 2.69. The Balaban J connectivity index is 1.73. The van der Waals surface area contributed by atoms with Crippen LogP contribution in [0.25, 0.3) is 0 Å². The van der Waals surface area contributed by atoms with Crippen LogP contribution in [-0.2, 0) is 12.8 Å². The fourth-order valence-corrected chi connectivity index (χ4v) is 2.38. The van der Waals surface area contributed by atoms with Crippen LogP contribution in [0, 0.1) is 0 Å². The van der Waals surface area contributed by atoms with E-state index in [1.807, 2.05) is 37.3 Å². The molecule has 0 aliphatic carbocycles. The first-order valence-electron chi connectivity index (χ1n) is 8.31. The van der Waals surface area contributed by atoms with Crippen molar-refractivity contribution in [1.82, 2.24) is 0 Å². The standard InChI is InChI=1S/C21H26O3/c1-18(6-3-8-19-10-14-23-16-19)7-4-12-21(2,22)13-5-9-20-11-15-24-17-20/h4-7,10-11,13-17,22H,3,8-9,12H2,1-2H3/t21-/m0/s1. The summed E-state index contributed by atoms with van der Waals surface area (Å²) in [4.78, 5) is 0. The van der Waals surface area contributed by atoms with Gasteiger partial charge in [0, 0.05) is 0 Å². The molecule has 3 nitrogen and oxygen atoms in total. The van der Waals surface area contributed by atoms with Gasteiger partial charge < -0.3 is 13.9 Å². The van der Waals surface area contributed by atoms with Gasteiger partial charge in [-0.3, -0.25) is 0 Å². The Bertz CT molecular complexity index is 656. The first-order valence-corrected chi connectivity index (χ1v) is 8.31. The third-order valence-corrected chi connectivity index (χ3v) is 3.80. The van der Waals surface area contributed by atoms with E-state index in [0.717, 1.165) is 24.8 Å². The SMILES string of the molecule is CC(C=CC[C@](C)(O)C=CCc1ccoc1)=CCCc1ccoc1. The van der Waals surface area contributed by atoms with Gasteiger partial charge in [0.15, 0.2) is 0 Å². The minimum absolute atomic E-state index is 0.585. The predicted octanol–water partition coefficient (Wildman–Crippen LogP) is 5.25. The van der Waals surface area contributed by atoms with Gasteiger partial charge in [-0.2, -0.15) is 0 Å². The molecule has 0 aliphatic heterocycles. The molecule has 0 radical (unpaired) electrons. The number of aliphatic hydroxyl groups is 1. The van der Waals surface area contributed by atoms with Crippen LogP contribution >= 0.6 is 0 Å². The van der Waals surface area contributed by atoms with Gasteiger partial charge in [-0.15, -0.1) is 0 Å². The lowest BCUT2D eigenvalue weighted by Crippen LogP contribution is -2.19. The van der Waals surface area contributed by atoms with Crippen molar-refractivity contribution in [2.45, 2.75) is 45.1 Å². The highest BCUT2D eigenvalue weighted by atomic mass is 16.3. The smallest absolute Gasteiger partial charge is 0.0937 e. The van der Waals surface area contributed by atoms with E-state index in [-0.39, 0.29) is 0 Å². The number of furan rings is 2. The van der Waals surface area contributed by atoms with Crippen LogP contribution in [0.5, 0.6) is 0 Å². The van der Waals surface area contributed by atoms with Crippen molar-refractivity contribution in [2.75, 3.05) is 0 Å². The molecule has 0 bridgehead atoms. The molecule has 0 aromatic carbocycles. The van der Waals surface area contributed by atoms with Crippen molar-refractivity contribution < 1.29 is 13.9 Å². The average Bonchev–Trinajstić information content (AvgIpc) is 3.20. The van der Waals surface area contributed by atoms with Crippen molar-refractivity contribution in [3.05, 3.63) is 84.3 Å². The lowest BCUT2D eigenvalue weighted by atomic mass is 10.00. The normalized spacial score (nSPS) is 15.4. The maximum Gasteiger partial charge on any atom is 0.0937 e. The molecular formula is C21H26O3. The molecule has 0 saturated carbocycles. The molecule has 128 valence electrons. The molecule has 2 heterocycles. The van der Waals surface area contributed by atoms with E-state index in [2.05, 4.69) is 19.1 Å². The number of rotatable bonds is 9. The Hall–Kier alpha value is -2.26. The molecule has 0 spiro atoms. The molecule has 3 heteroatoms.